The van der Waals surface area contributed by atoms with E-state index < -0.39 is 0 Å². The summed E-state index contributed by atoms with van der Waals surface area (Å²) in [6.45, 7) is 4.63. The number of rotatable bonds is 4. The lowest BCUT2D eigenvalue weighted by atomic mass is 10.1. The van der Waals surface area contributed by atoms with Gasteiger partial charge in [0.25, 0.3) is 0 Å². The Balaban J connectivity index is 2.70. The van der Waals surface area contributed by atoms with Gasteiger partial charge in [-0.2, -0.15) is 0 Å². The van der Waals surface area contributed by atoms with Crippen molar-refractivity contribution in [2.75, 3.05) is 7.05 Å². The van der Waals surface area contributed by atoms with Crippen molar-refractivity contribution in [3.8, 4) is 0 Å². The molecule has 1 rings (SSSR count). The number of aryl methyl sites for hydroxylation is 1. The van der Waals surface area contributed by atoms with Crippen LogP contribution >= 0.6 is 0 Å². The molecule has 0 aliphatic heterocycles. The van der Waals surface area contributed by atoms with Gasteiger partial charge in [-0.15, -0.1) is 0 Å². The lowest BCUT2D eigenvalue weighted by Gasteiger charge is -2.22. The van der Waals surface area contributed by atoms with Gasteiger partial charge in [0.1, 0.15) is 0 Å². The van der Waals surface area contributed by atoms with Crippen molar-refractivity contribution in [2.45, 2.75) is 26.4 Å². The third-order valence-electron chi connectivity index (χ3n) is 2.75. The molecule has 1 atom stereocenters. The quantitative estimate of drug-likeness (QED) is 0.807. The highest BCUT2D eigenvalue weighted by Gasteiger charge is 2.15. The molecular weight excluding hydrogens is 188 g/mol. The Bertz CT molecular complexity index is 349. The largest absolute Gasteiger partial charge is 0.368 e. The lowest BCUT2D eigenvalue weighted by molar-refractivity contribution is -0.122. The fraction of sp³-hybridized carbons (Fsp3) is 0.417. The zero-order valence-corrected chi connectivity index (χ0v) is 9.53. The molecule has 15 heavy (non-hydrogen) atoms. The summed E-state index contributed by atoms with van der Waals surface area (Å²) in [5, 5.41) is 0. The number of hydrogen-bond acceptors (Lipinski definition) is 2. The van der Waals surface area contributed by atoms with Gasteiger partial charge >= 0.3 is 0 Å². The van der Waals surface area contributed by atoms with E-state index >= 15 is 0 Å². The minimum absolute atomic E-state index is 0.232. The van der Waals surface area contributed by atoms with Crippen LogP contribution in [0.5, 0.6) is 0 Å². The van der Waals surface area contributed by atoms with Crippen LogP contribution in [0.15, 0.2) is 24.3 Å². The van der Waals surface area contributed by atoms with Gasteiger partial charge in [0.2, 0.25) is 5.91 Å². The molecule has 1 aromatic rings. The van der Waals surface area contributed by atoms with Gasteiger partial charge in [0.05, 0.1) is 6.04 Å². The third-order valence-corrected chi connectivity index (χ3v) is 2.75. The van der Waals surface area contributed by atoms with Crippen molar-refractivity contribution in [3.05, 3.63) is 35.4 Å². The molecule has 3 heteroatoms. The summed E-state index contributed by atoms with van der Waals surface area (Å²) in [6.07, 6.45) is 0. The number of carbonyl (C=O) groups is 1. The fourth-order valence-corrected chi connectivity index (χ4v) is 1.41. The summed E-state index contributed by atoms with van der Waals surface area (Å²) in [6, 6.07) is 7.92. The van der Waals surface area contributed by atoms with Crippen LogP contribution in [0.2, 0.25) is 0 Å². The van der Waals surface area contributed by atoms with Crippen LogP contribution in [0.25, 0.3) is 0 Å². The highest BCUT2D eigenvalue weighted by Crippen LogP contribution is 2.10. The second kappa shape index (κ2) is 4.94. The number of hydrogen-bond donors (Lipinski definition) is 1. The molecule has 82 valence electrons. The molecule has 1 amide bonds. The summed E-state index contributed by atoms with van der Waals surface area (Å²) in [5.41, 5.74) is 7.71. The van der Waals surface area contributed by atoms with Gasteiger partial charge in [-0.25, -0.2) is 0 Å². The van der Waals surface area contributed by atoms with E-state index in [2.05, 4.69) is 19.1 Å². The van der Waals surface area contributed by atoms with Crippen molar-refractivity contribution in [2.24, 2.45) is 5.73 Å². The van der Waals surface area contributed by atoms with Gasteiger partial charge in [-0.3, -0.25) is 9.69 Å². The van der Waals surface area contributed by atoms with Crippen molar-refractivity contribution < 1.29 is 4.79 Å². The van der Waals surface area contributed by atoms with E-state index in [1.54, 1.807) is 0 Å². The number of primary amides is 1. The molecule has 0 saturated carbocycles. The minimum Gasteiger partial charge on any atom is -0.368 e. The van der Waals surface area contributed by atoms with Gasteiger partial charge in [-0.05, 0) is 32.0 Å². The van der Waals surface area contributed by atoms with Gasteiger partial charge < -0.3 is 5.73 Å². The van der Waals surface area contributed by atoms with Crippen LogP contribution in [0, 0.1) is 6.92 Å². The Morgan fingerprint density at radius 2 is 2.07 bits per heavy atom. The van der Waals surface area contributed by atoms with E-state index in [0.29, 0.717) is 0 Å². The van der Waals surface area contributed by atoms with Crippen molar-refractivity contribution in [1.82, 2.24) is 4.90 Å². The van der Waals surface area contributed by atoms with E-state index in [9.17, 15) is 4.79 Å². The summed E-state index contributed by atoms with van der Waals surface area (Å²) >= 11 is 0. The maximum atomic E-state index is 11.0. The molecule has 0 aliphatic rings. The van der Waals surface area contributed by atoms with E-state index in [-0.39, 0.29) is 11.9 Å². The normalized spacial score (nSPS) is 12.8. The highest BCUT2D eigenvalue weighted by atomic mass is 16.1. The number of likely N-dealkylation sites (N-methyl/N-ethyl adjacent to an activating group) is 1. The molecule has 1 aromatic carbocycles. The third kappa shape index (κ3) is 3.06. The molecule has 0 fully saturated rings. The Hall–Kier alpha value is -1.35. The van der Waals surface area contributed by atoms with E-state index in [0.717, 1.165) is 6.54 Å². The Morgan fingerprint density at radius 1 is 1.47 bits per heavy atom. The average Bonchev–Trinajstić information content (AvgIpc) is 2.20. The zero-order chi connectivity index (χ0) is 11.4. The molecule has 3 nitrogen and oxygen atoms in total. The Kier molecular flexibility index (Phi) is 3.86. The Morgan fingerprint density at radius 3 is 2.60 bits per heavy atom. The van der Waals surface area contributed by atoms with Crippen molar-refractivity contribution in [1.29, 1.82) is 0 Å². The van der Waals surface area contributed by atoms with Crippen LogP contribution in [-0.4, -0.2) is 23.9 Å². The van der Waals surface area contributed by atoms with Gasteiger partial charge in [-0.1, -0.05) is 24.3 Å². The Labute approximate surface area is 90.9 Å². The van der Waals surface area contributed by atoms with Crippen LogP contribution < -0.4 is 5.73 Å². The number of benzene rings is 1. The molecule has 0 saturated heterocycles. The van der Waals surface area contributed by atoms with E-state index in [1.807, 2.05) is 31.0 Å². The van der Waals surface area contributed by atoms with Crippen molar-refractivity contribution >= 4 is 5.91 Å². The second-order valence-electron chi connectivity index (χ2n) is 3.92. The lowest BCUT2D eigenvalue weighted by Crippen LogP contribution is -2.39. The summed E-state index contributed by atoms with van der Waals surface area (Å²) in [5.74, 6) is -0.286. The number of nitrogens with zero attached hydrogens (tertiary/aromatic N) is 1. The number of carbonyl (C=O) groups excluding carboxylic acids is 1. The number of nitrogens with two attached hydrogens (primary N) is 1. The smallest absolute Gasteiger partial charge is 0.234 e. The SMILES string of the molecule is Cc1ccccc1CN(C)C(C)C(N)=O. The van der Waals surface area contributed by atoms with E-state index in [1.165, 1.54) is 11.1 Å². The maximum Gasteiger partial charge on any atom is 0.234 e. The first-order valence-corrected chi connectivity index (χ1v) is 5.06. The highest BCUT2D eigenvalue weighted by molar-refractivity contribution is 5.79. The minimum atomic E-state index is -0.286. The second-order valence-corrected chi connectivity index (χ2v) is 3.92. The van der Waals surface area contributed by atoms with Gasteiger partial charge in [0, 0.05) is 6.54 Å². The predicted octanol–water partition coefficient (Wildman–Crippen LogP) is 1.30. The van der Waals surface area contributed by atoms with Gasteiger partial charge in [0.15, 0.2) is 0 Å². The molecule has 0 heterocycles. The first-order chi connectivity index (χ1) is 7.02. The summed E-state index contributed by atoms with van der Waals surface area (Å²) in [7, 11) is 1.90. The molecular formula is C12H18N2O. The molecule has 1 unspecified atom stereocenters. The van der Waals surface area contributed by atoms with E-state index in [4.69, 9.17) is 5.73 Å². The van der Waals surface area contributed by atoms with Crippen molar-refractivity contribution in [3.63, 3.8) is 0 Å². The van der Waals surface area contributed by atoms with Crippen LogP contribution in [0.4, 0.5) is 0 Å². The predicted molar refractivity (Wildman–Crippen MR) is 61.3 cm³/mol. The summed E-state index contributed by atoms with van der Waals surface area (Å²) < 4.78 is 0. The van der Waals surface area contributed by atoms with Crippen LogP contribution in [0.3, 0.4) is 0 Å². The molecule has 0 aliphatic carbocycles. The van der Waals surface area contributed by atoms with Crippen LogP contribution in [0.1, 0.15) is 18.1 Å². The summed E-state index contributed by atoms with van der Waals surface area (Å²) in [4.78, 5) is 12.9. The first kappa shape index (κ1) is 11.7. The molecule has 0 spiro atoms. The van der Waals surface area contributed by atoms with Crippen LogP contribution in [-0.2, 0) is 11.3 Å². The standard InChI is InChI=1S/C12H18N2O/c1-9-6-4-5-7-11(9)8-14(3)10(2)12(13)15/h4-7,10H,8H2,1-3H3,(H2,13,15). The molecule has 2 N–H and O–H groups in total. The maximum absolute atomic E-state index is 11.0. The fourth-order valence-electron chi connectivity index (χ4n) is 1.41. The molecule has 0 aromatic heterocycles. The molecule has 0 radical (unpaired) electrons. The average molecular weight is 206 g/mol. The number of amides is 1. The zero-order valence-electron chi connectivity index (χ0n) is 9.53. The monoisotopic (exact) mass is 206 g/mol. The molecule has 0 bridgehead atoms. The first-order valence-electron chi connectivity index (χ1n) is 5.06. The topological polar surface area (TPSA) is 46.3 Å².